The molecular weight excluding hydrogens is 641 g/mol. The van der Waals surface area contributed by atoms with Crippen molar-refractivity contribution in [2.75, 3.05) is 26.4 Å². The Morgan fingerprint density at radius 2 is 1.06 bits per heavy atom. The molecule has 0 aromatic rings. The SMILES string of the molecule is CCCCC/C=C/C/C=C/C/C=C/CCCCC(=O)O[C@H](COC(=O)CCCCCCC/C=C/CCCCCC)COP(=O)(O)OCCN. The van der Waals surface area contributed by atoms with Gasteiger partial charge in [-0.1, -0.05) is 114 Å². The number of phosphoric acid groups is 1. The number of carbonyl (C=O) groups excluding carboxylic acids is 2. The van der Waals surface area contributed by atoms with E-state index < -0.39 is 32.5 Å². The number of carbonyl (C=O) groups is 2. The molecule has 0 amide bonds. The summed E-state index contributed by atoms with van der Waals surface area (Å²) in [5.74, 6) is -0.888. The first-order valence-electron chi connectivity index (χ1n) is 19.1. The number of esters is 2. The number of hydrogen-bond acceptors (Lipinski definition) is 8. The third kappa shape index (κ3) is 35.6. The first-order chi connectivity index (χ1) is 23.8. The highest BCUT2D eigenvalue weighted by atomic mass is 31.2. The van der Waals surface area contributed by atoms with Crippen molar-refractivity contribution < 1.29 is 37.6 Å². The molecule has 0 aromatic carbocycles. The normalized spacial score (nSPS) is 14.0. The van der Waals surface area contributed by atoms with E-state index in [-0.39, 0.29) is 32.6 Å². The van der Waals surface area contributed by atoms with Crippen molar-refractivity contribution in [3.8, 4) is 0 Å². The Balaban J connectivity index is 4.33. The second-order valence-corrected chi connectivity index (χ2v) is 13.9. The van der Waals surface area contributed by atoms with E-state index in [1.807, 2.05) is 0 Å². The van der Waals surface area contributed by atoms with Crippen LogP contribution in [0.1, 0.15) is 155 Å². The predicted octanol–water partition coefficient (Wildman–Crippen LogP) is 10.4. The molecule has 2 atom stereocenters. The standard InChI is InChI=1S/C39H70NO8P/c1-3-5-7-9-11-13-15-17-18-20-22-24-26-28-30-32-39(42)48-37(36-47-49(43,44)46-34-33-40)35-45-38(41)31-29-27-25-23-21-19-16-14-12-10-8-6-4-2/h11,13-14,16-18,22,24,37H,3-10,12,15,19-21,23,25-36,40H2,1-2H3,(H,43,44)/b13-11+,16-14+,18-17+,24-22+/t37-/m1/s1. The molecule has 3 N–H and O–H groups in total. The van der Waals surface area contributed by atoms with E-state index in [2.05, 4.69) is 62.5 Å². The second-order valence-electron chi connectivity index (χ2n) is 12.4. The van der Waals surface area contributed by atoms with Crippen LogP contribution >= 0.6 is 7.82 Å². The first-order valence-corrected chi connectivity index (χ1v) is 20.6. The zero-order chi connectivity index (χ0) is 36.1. The molecule has 0 radical (unpaired) electrons. The molecule has 9 nitrogen and oxygen atoms in total. The molecule has 0 spiro atoms. The molecule has 0 aliphatic rings. The van der Waals surface area contributed by atoms with Crippen LogP contribution in [0.5, 0.6) is 0 Å². The average molecular weight is 712 g/mol. The van der Waals surface area contributed by atoms with Crippen molar-refractivity contribution in [1.82, 2.24) is 0 Å². The van der Waals surface area contributed by atoms with Gasteiger partial charge in [-0.2, -0.15) is 0 Å². The average Bonchev–Trinajstić information content (AvgIpc) is 3.08. The Kier molecular flexibility index (Phi) is 34.3. The minimum Gasteiger partial charge on any atom is -0.462 e. The lowest BCUT2D eigenvalue weighted by molar-refractivity contribution is -0.161. The molecule has 0 heterocycles. The van der Waals surface area contributed by atoms with E-state index in [0.29, 0.717) is 12.8 Å². The summed E-state index contributed by atoms with van der Waals surface area (Å²) in [6.07, 6.45) is 38.6. The van der Waals surface area contributed by atoms with Crippen molar-refractivity contribution in [3.63, 3.8) is 0 Å². The lowest BCUT2D eigenvalue weighted by Gasteiger charge is -2.19. The lowest BCUT2D eigenvalue weighted by Crippen LogP contribution is -2.29. The topological polar surface area (TPSA) is 134 Å². The van der Waals surface area contributed by atoms with Gasteiger partial charge in [-0.05, 0) is 77.0 Å². The Labute approximate surface area is 298 Å². The molecule has 10 heteroatoms. The molecule has 0 rings (SSSR count). The van der Waals surface area contributed by atoms with Crippen LogP contribution in [0.3, 0.4) is 0 Å². The Morgan fingerprint density at radius 3 is 1.67 bits per heavy atom. The minimum atomic E-state index is -4.38. The highest BCUT2D eigenvalue weighted by Crippen LogP contribution is 2.43. The first kappa shape index (κ1) is 47.0. The van der Waals surface area contributed by atoms with Crippen LogP contribution < -0.4 is 5.73 Å². The summed E-state index contributed by atoms with van der Waals surface area (Å²) in [6, 6.07) is 0. The molecule has 284 valence electrons. The summed E-state index contributed by atoms with van der Waals surface area (Å²) in [7, 11) is -4.38. The summed E-state index contributed by atoms with van der Waals surface area (Å²) < 4.78 is 32.6. The largest absolute Gasteiger partial charge is 0.472 e. The summed E-state index contributed by atoms with van der Waals surface area (Å²) in [4.78, 5) is 34.7. The maximum atomic E-state index is 12.5. The van der Waals surface area contributed by atoms with Crippen molar-refractivity contribution in [2.45, 2.75) is 161 Å². The molecule has 0 saturated carbocycles. The van der Waals surface area contributed by atoms with Crippen LogP contribution in [0.15, 0.2) is 48.6 Å². The second kappa shape index (κ2) is 35.8. The van der Waals surface area contributed by atoms with Crippen LogP contribution in [0.4, 0.5) is 0 Å². The van der Waals surface area contributed by atoms with E-state index in [0.717, 1.165) is 64.2 Å². The summed E-state index contributed by atoms with van der Waals surface area (Å²) in [6.45, 7) is 3.61. The highest BCUT2D eigenvalue weighted by molar-refractivity contribution is 7.47. The van der Waals surface area contributed by atoms with Gasteiger partial charge >= 0.3 is 19.8 Å². The summed E-state index contributed by atoms with van der Waals surface area (Å²) in [5.41, 5.74) is 5.33. The number of nitrogens with two attached hydrogens (primary N) is 1. The number of hydrogen-bond donors (Lipinski definition) is 2. The van der Waals surface area contributed by atoms with Gasteiger partial charge in [-0.25, -0.2) is 4.57 Å². The maximum Gasteiger partial charge on any atom is 0.472 e. The molecule has 0 aliphatic carbocycles. The summed E-state index contributed by atoms with van der Waals surface area (Å²) in [5, 5.41) is 0. The van der Waals surface area contributed by atoms with Gasteiger partial charge in [0.2, 0.25) is 0 Å². The maximum absolute atomic E-state index is 12.5. The Bertz CT molecular complexity index is 949. The van der Waals surface area contributed by atoms with Crippen molar-refractivity contribution in [2.24, 2.45) is 5.73 Å². The Morgan fingerprint density at radius 1 is 0.612 bits per heavy atom. The van der Waals surface area contributed by atoms with Crippen molar-refractivity contribution in [1.29, 1.82) is 0 Å². The zero-order valence-electron chi connectivity index (χ0n) is 30.9. The van der Waals surface area contributed by atoms with Gasteiger partial charge < -0.3 is 20.1 Å². The Hall–Kier alpha value is -2.03. The number of allylic oxidation sites excluding steroid dienone is 8. The van der Waals surface area contributed by atoms with Crippen LogP contribution in [-0.2, 0) is 32.7 Å². The quantitative estimate of drug-likeness (QED) is 0.0285. The molecule has 1 unspecified atom stereocenters. The lowest BCUT2D eigenvalue weighted by atomic mass is 10.1. The summed E-state index contributed by atoms with van der Waals surface area (Å²) >= 11 is 0. The fourth-order valence-corrected chi connectivity index (χ4v) is 5.57. The van der Waals surface area contributed by atoms with Gasteiger partial charge in [0.1, 0.15) is 6.61 Å². The third-order valence-electron chi connectivity index (χ3n) is 7.69. The van der Waals surface area contributed by atoms with Crippen molar-refractivity contribution >= 4 is 19.8 Å². The zero-order valence-corrected chi connectivity index (χ0v) is 31.8. The monoisotopic (exact) mass is 711 g/mol. The smallest absolute Gasteiger partial charge is 0.462 e. The van der Waals surface area contributed by atoms with Crippen LogP contribution in [0, 0.1) is 0 Å². The number of rotatable bonds is 35. The van der Waals surface area contributed by atoms with Gasteiger partial charge in [-0.3, -0.25) is 18.6 Å². The van der Waals surface area contributed by atoms with E-state index in [1.165, 1.54) is 51.4 Å². The molecule has 0 bridgehead atoms. The molecule has 0 aromatic heterocycles. The molecular formula is C39H70NO8P. The van der Waals surface area contributed by atoms with Gasteiger partial charge in [-0.15, -0.1) is 0 Å². The van der Waals surface area contributed by atoms with Gasteiger partial charge in [0.05, 0.1) is 13.2 Å². The molecule has 49 heavy (non-hydrogen) atoms. The molecule has 0 fully saturated rings. The van der Waals surface area contributed by atoms with Gasteiger partial charge in [0.25, 0.3) is 0 Å². The highest BCUT2D eigenvalue weighted by Gasteiger charge is 2.25. The molecule has 0 aliphatic heterocycles. The van der Waals surface area contributed by atoms with E-state index in [9.17, 15) is 19.0 Å². The molecule has 0 saturated heterocycles. The van der Waals surface area contributed by atoms with Gasteiger partial charge in [0.15, 0.2) is 6.10 Å². The predicted molar refractivity (Wildman–Crippen MR) is 201 cm³/mol. The fraction of sp³-hybridized carbons (Fsp3) is 0.744. The number of ether oxygens (including phenoxy) is 2. The fourth-order valence-electron chi connectivity index (χ4n) is 4.81. The van der Waals surface area contributed by atoms with Gasteiger partial charge in [0, 0.05) is 19.4 Å². The third-order valence-corrected chi connectivity index (χ3v) is 8.67. The minimum absolute atomic E-state index is 0.0446. The van der Waals surface area contributed by atoms with Crippen LogP contribution in [0.2, 0.25) is 0 Å². The van der Waals surface area contributed by atoms with E-state index in [1.54, 1.807) is 0 Å². The van der Waals surface area contributed by atoms with Crippen molar-refractivity contribution in [3.05, 3.63) is 48.6 Å². The van der Waals surface area contributed by atoms with Crippen LogP contribution in [-0.4, -0.2) is 49.3 Å². The number of unbranched alkanes of at least 4 members (excludes halogenated alkanes) is 14. The van der Waals surface area contributed by atoms with Crippen LogP contribution in [0.25, 0.3) is 0 Å². The number of phosphoric ester groups is 1. The van der Waals surface area contributed by atoms with E-state index >= 15 is 0 Å². The van der Waals surface area contributed by atoms with E-state index in [4.69, 9.17) is 24.3 Å².